The molecular formula is H3I5Si3. The van der Waals surface area contributed by atoms with Crippen molar-refractivity contribution in [3.8, 4) is 0 Å². The van der Waals surface area contributed by atoms with E-state index < -0.39 is 2.18 Å². The lowest BCUT2D eigenvalue weighted by atomic mass is 26.7. The maximum atomic E-state index is 2.71. The summed E-state index contributed by atoms with van der Waals surface area (Å²) in [5.41, 5.74) is 0. The summed E-state index contributed by atoms with van der Waals surface area (Å²) in [5, 5.41) is 0. The summed E-state index contributed by atoms with van der Waals surface area (Å²) >= 11 is 13.5. The van der Waals surface area contributed by atoms with Crippen molar-refractivity contribution in [2.75, 3.05) is 0 Å². The Balaban J connectivity index is 4.02. The molecule has 0 heterocycles. The zero-order valence-electron chi connectivity index (χ0n) is 3.89. The zero-order valence-corrected chi connectivity index (χ0v) is 18.7. The first kappa shape index (κ1) is 12.3. The van der Waals surface area contributed by atoms with Crippen molar-refractivity contribution >= 4 is 121 Å². The van der Waals surface area contributed by atoms with Crippen LogP contribution in [0.2, 0.25) is 0 Å². The molecule has 0 aliphatic carbocycles. The van der Waals surface area contributed by atoms with Crippen LogP contribution >= 0.6 is 109 Å². The molecule has 0 nitrogen and oxygen atoms in total. The molecule has 0 saturated carbocycles. The average Bonchev–Trinajstić information content (AvgIpc) is 1.25. The molecule has 0 aromatic carbocycles. The molecule has 0 bridgehead atoms. The smallest absolute Gasteiger partial charge is 0.110 e. The van der Waals surface area contributed by atoms with Gasteiger partial charge in [-0.05, 0) is 0 Å². The SMILES string of the molecule is [SiH3][Si](I)(I)[Si](I)(I)I. The van der Waals surface area contributed by atoms with Gasteiger partial charge in [-0.25, -0.2) is 0 Å². The number of halogens is 5. The van der Waals surface area contributed by atoms with Crippen LogP contribution in [0.15, 0.2) is 0 Å². The Kier molecular flexibility index (Phi) is 6.94. The van der Waals surface area contributed by atoms with Crippen LogP contribution in [0.5, 0.6) is 0 Å². The minimum atomic E-state index is -0.775. The molecule has 8 heavy (non-hydrogen) atoms. The largest absolute Gasteiger partial charge is 0.260 e. The summed E-state index contributed by atoms with van der Waals surface area (Å²) in [6.07, 6.45) is 0. The molecule has 0 aliphatic heterocycles. The van der Waals surface area contributed by atoms with Gasteiger partial charge in [-0.2, -0.15) is 0 Å². The van der Waals surface area contributed by atoms with Crippen LogP contribution < -0.4 is 0 Å². The van der Waals surface area contributed by atoms with Gasteiger partial charge in [0, 0.05) is 9.76 Å². The fourth-order valence-corrected chi connectivity index (χ4v) is 0. The van der Waals surface area contributed by atoms with Gasteiger partial charge >= 0.3 is 0 Å². The van der Waals surface area contributed by atoms with Gasteiger partial charge in [0.05, 0.1) is 0 Å². The van der Waals surface area contributed by atoms with Gasteiger partial charge in [0.15, 0.2) is 2.10 Å². The first-order valence-corrected chi connectivity index (χ1v) is 25.8. The molecule has 0 N–H and O–H groups in total. The summed E-state index contributed by atoms with van der Waals surface area (Å²) in [6, 6.07) is 0. The Bertz CT molecular complexity index is 62.7. The van der Waals surface area contributed by atoms with Crippen molar-refractivity contribution in [2.24, 2.45) is 0 Å². The summed E-state index contributed by atoms with van der Waals surface area (Å²) in [5.74, 6) is 0. The molecule has 0 atom stereocenters. The Morgan fingerprint density at radius 1 is 0.875 bits per heavy atom. The minimum absolute atomic E-state index is 0.681. The van der Waals surface area contributed by atoms with Gasteiger partial charge in [0.2, 0.25) is 0 Å². The van der Waals surface area contributed by atoms with E-state index in [1.165, 1.54) is 9.76 Å². The molecule has 0 amide bonds. The monoisotopic (exact) mass is 721 g/mol. The summed E-state index contributed by atoms with van der Waals surface area (Å²) in [4.78, 5) is 0. The van der Waals surface area contributed by atoms with Crippen molar-refractivity contribution in [1.29, 1.82) is 0 Å². The zero-order chi connectivity index (χ0) is 7.00. The highest BCUT2D eigenvalue weighted by Gasteiger charge is 2.43. The Morgan fingerprint density at radius 3 is 1.00 bits per heavy atom. The normalized spacial score (nSPS) is 14.6. The third-order valence-electron chi connectivity index (χ3n) is 0.498. The molecular weight excluding hydrogens is 719 g/mol. The fraction of sp³-hybridized carbons (Fsp3) is 0. The second-order valence-corrected chi connectivity index (χ2v) is 96.7. The molecule has 0 fully saturated rings. The second-order valence-electron chi connectivity index (χ2n) is 1.39. The van der Waals surface area contributed by atoms with E-state index in [0.29, 0.717) is 0 Å². The van der Waals surface area contributed by atoms with E-state index in [9.17, 15) is 0 Å². The second kappa shape index (κ2) is 4.51. The summed E-state index contributed by atoms with van der Waals surface area (Å²) in [7, 11) is 1.44. The number of hydrogen-bond donors (Lipinski definition) is 0. The van der Waals surface area contributed by atoms with Crippen LogP contribution in [0.25, 0.3) is 0 Å². The van der Waals surface area contributed by atoms with Gasteiger partial charge in [-0.15, -0.1) is 43.6 Å². The highest BCUT2D eigenvalue weighted by molar-refractivity contribution is 14.4. The van der Waals surface area contributed by atoms with Crippen molar-refractivity contribution in [2.45, 2.75) is 0 Å². The third kappa shape index (κ3) is 5.04. The predicted molar refractivity (Wildman–Crippen MR) is 91.5 cm³/mol. The predicted octanol–water partition coefficient (Wildman–Crippen LogP) is 2.48. The Morgan fingerprint density at radius 2 is 1.00 bits per heavy atom. The van der Waals surface area contributed by atoms with Crippen LogP contribution in [0.4, 0.5) is 0 Å². The van der Waals surface area contributed by atoms with Crippen molar-refractivity contribution in [1.82, 2.24) is 0 Å². The average molecular weight is 722 g/mol. The lowest BCUT2D eigenvalue weighted by Crippen LogP contribution is -2.39. The van der Waals surface area contributed by atoms with Crippen LogP contribution in [0.3, 0.4) is 0 Å². The number of hydrogen-bond acceptors (Lipinski definition) is 0. The molecule has 0 aromatic heterocycles. The highest BCUT2D eigenvalue weighted by atomic mass is 127. The molecule has 0 spiro atoms. The molecule has 0 aliphatic rings. The topological polar surface area (TPSA) is 0 Å². The minimum Gasteiger partial charge on any atom is -0.110 e. The van der Waals surface area contributed by atoms with E-state index in [1.54, 1.807) is 0 Å². The fourth-order valence-electron chi connectivity index (χ4n) is 0. The van der Waals surface area contributed by atoms with Crippen molar-refractivity contribution in [3.63, 3.8) is 0 Å². The van der Waals surface area contributed by atoms with E-state index in [-0.39, 0.29) is 0 Å². The number of rotatable bonds is 1. The molecule has 0 aromatic rings. The highest BCUT2D eigenvalue weighted by Crippen LogP contribution is 2.43. The quantitative estimate of drug-likeness (QED) is 0.222. The first-order chi connectivity index (χ1) is 3.25. The van der Waals surface area contributed by atoms with Crippen LogP contribution in [-0.4, -0.2) is 11.9 Å². The molecule has 0 unspecified atom stereocenters. The summed E-state index contributed by atoms with van der Waals surface area (Å²) < 4.78 is -1.46. The molecule has 0 radical (unpaired) electrons. The van der Waals surface area contributed by atoms with E-state index in [0.717, 1.165) is 0 Å². The van der Waals surface area contributed by atoms with E-state index >= 15 is 0 Å². The van der Waals surface area contributed by atoms with E-state index in [1.807, 2.05) is 0 Å². The molecule has 0 saturated heterocycles. The van der Waals surface area contributed by atoms with Crippen molar-refractivity contribution < 1.29 is 0 Å². The Hall–Kier alpha value is 4.30. The summed E-state index contributed by atoms with van der Waals surface area (Å²) in [6.45, 7) is 0. The molecule has 8 heteroatoms. The maximum Gasteiger partial charge on any atom is 0.260 e. The first-order valence-electron chi connectivity index (χ1n) is 1.69. The van der Waals surface area contributed by atoms with Crippen LogP contribution in [0.1, 0.15) is 0 Å². The van der Waals surface area contributed by atoms with Crippen LogP contribution in [-0.2, 0) is 0 Å². The maximum absolute atomic E-state index is 2.71. The van der Waals surface area contributed by atoms with Gasteiger partial charge in [0.1, 0.15) is 0 Å². The van der Waals surface area contributed by atoms with Crippen LogP contribution in [0, 0.1) is 0 Å². The Labute approximate surface area is 118 Å². The van der Waals surface area contributed by atoms with Crippen molar-refractivity contribution in [3.05, 3.63) is 0 Å². The lowest BCUT2D eigenvalue weighted by Gasteiger charge is -2.19. The van der Waals surface area contributed by atoms with Gasteiger partial charge in [0.25, 0.3) is 0.0813 Å². The van der Waals surface area contributed by atoms with E-state index in [2.05, 4.69) is 109 Å². The third-order valence-corrected chi connectivity index (χ3v) is 138. The molecule has 50 valence electrons. The standard InChI is InChI=1S/H3I5Si3/c1-7(2,3)8(4,5)6/h6H3. The van der Waals surface area contributed by atoms with Gasteiger partial charge in [-0.3, -0.25) is 0 Å². The molecule has 0 rings (SSSR count). The van der Waals surface area contributed by atoms with E-state index in [4.69, 9.17) is 0 Å². The van der Waals surface area contributed by atoms with Gasteiger partial charge < -0.3 is 0 Å². The lowest BCUT2D eigenvalue weighted by molar-refractivity contribution is 4.16. The van der Waals surface area contributed by atoms with Gasteiger partial charge in [-0.1, -0.05) is 65.4 Å².